The van der Waals surface area contributed by atoms with Crippen LogP contribution in [-0.4, -0.2) is 29.4 Å². The molecule has 0 spiro atoms. The predicted molar refractivity (Wildman–Crippen MR) is 69.5 cm³/mol. The lowest BCUT2D eigenvalue weighted by atomic mass is 10.0. The number of aromatic carboxylic acids is 1. The Morgan fingerprint density at radius 1 is 1.27 bits per heavy atom. The molecule has 8 heteroatoms. The number of fused-ring (bicyclic) bond motifs is 1. The van der Waals surface area contributed by atoms with Crippen molar-refractivity contribution in [3.63, 3.8) is 0 Å². The van der Waals surface area contributed by atoms with Gasteiger partial charge in [0, 0.05) is 18.6 Å². The maximum atomic E-state index is 13.6. The van der Waals surface area contributed by atoms with E-state index in [4.69, 9.17) is 19.1 Å². The average Bonchev–Trinajstić information content (AvgIpc) is 2.95. The van der Waals surface area contributed by atoms with E-state index in [-0.39, 0.29) is 47.3 Å². The lowest BCUT2D eigenvalue weighted by molar-refractivity contribution is 0.0169. The molecule has 0 atom stereocenters. The molecule has 0 saturated carbocycles. The third-order valence-corrected chi connectivity index (χ3v) is 3.14. The first kappa shape index (κ1) is 14.3. The van der Waals surface area contributed by atoms with Gasteiger partial charge in [0.15, 0.2) is 23.0 Å². The minimum atomic E-state index is -3.10. The maximum absolute atomic E-state index is 13.6. The fraction of sp³-hybridized carbons (Fsp3) is 0.286. The molecule has 0 bridgehead atoms. The summed E-state index contributed by atoms with van der Waals surface area (Å²) in [4.78, 5) is 10.9. The van der Waals surface area contributed by atoms with Crippen molar-refractivity contribution in [2.75, 3.05) is 13.2 Å². The van der Waals surface area contributed by atoms with Crippen molar-refractivity contribution in [3.05, 3.63) is 29.5 Å². The van der Waals surface area contributed by atoms with Crippen LogP contribution in [0.2, 0.25) is 0 Å². The van der Waals surface area contributed by atoms with E-state index < -0.39 is 11.9 Å². The summed E-state index contributed by atoms with van der Waals surface area (Å²) in [6, 6.07) is 3.53. The molecule has 1 aliphatic heterocycles. The van der Waals surface area contributed by atoms with Gasteiger partial charge in [0.05, 0.1) is 5.56 Å². The highest BCUT2D eigenvalue weighted by Gasteiger charge is 2.30. The van der Waals surface area contributed by atoms with Gasteiger partial charge >= 0.3 is 5.97 Å². The van der Waals surface area contributed by atoms with E-state index in [0.717, 1.165) is 13.0 Å². The van der Waals surface area contributed by atoms with Crippen LogP contribution < -0.4 is 9.47 Å². The van der Waals surface area contributed by atoms with Crippen LogP contribution >= 0.6 is 0 Å². The first-order chi connectivity index (χ1) is 10.4. The number of halogens is 2. The Labute approximate surface area is 123 Å². The first-order valence-electron chi connectivity index (χ1n) is 6.38. The van der Waals surface area contributed by atoms with Gasteiger partial charge in [-0.15, -0.1) is 0 Å². The molecule has 1 aromatic heterocycles. The number of benzene rings is 1. The number of carboxylic acids is 1. The van der Waals surface area contributed by atoms with Crippen molar-refractivity contribution >= 4 is 5.97 Å². The van der Waals surface area contributed by atoms with E-state index in [9.17, 15) is 13.6 Å². The fourth-order valence-electron chi connectivity index (χ4n) is 2.09. The number of aromatic nitrogens is 1. The van der Waals surface area contributed by atoms with Crippen molar-refractivity contribution in [2.45, 2.75) is 12.8 Å². The molecule has 6 nitrogen and oxygen atoms in total. The normalized spacial score (nSPS) is 14.0. The summed E-state index contributed by atoms with van der Waals surface area (Å²) in [5.74, 6) is -3.97. The number of carbonyl (C=O) groups is 1. The summed E-state index contributed by atoms with van der Waals surface area (Å²) in [7, 11) is 0. The number of rotatable bonds is 3. The highest BCUT2D eigenvalue weighted by atomic mass is 19.3. The Balaban J connectivity index is 2.17. The van der Waals surface area contributed by atoms with Gasteiger partial charge in [0.2, 0.25) is 0 Å². The van der Waals surface area contributed by atoms with Crippen LogP contribution in [0.1, 0.15) is 23.0 Å². The summed E-state index contributed by atoms with van der Waals surface area (Å²) in [6.07, 6.45) is 0. The third-order valence-electron chi connectivity index (χ3n) is 3.14. The molecule has 0 fully saturated rings. The molecule has 0 amide bonds. The molecule has 2 heterocycles. The molecule has 116 valence electrons. The summed E-state index contributed by atoms with van der Waals surface area (Å²) < 4.78 is 42.9. The van der Waals surface area contributed by atoms with Crippen molar-refractivity contribution < 1.29 is 32.7 Å². The topological polar surface area (TPSA) is 81.8 Å². The van der Waals surface area contributed by atoms with E-state index in [2.05, 4.69) is 5.16 Å². The zero-order valence-electron chi connectivity index (χ0n) is 11.4. The largest absolute Gasteiger partial charge is 0.486 e. The van der Waals surface area contributed by atoms with Gasteiger partial charge in [-0.3, -0.25) is 0 Å². The van der Waals surface area contributed by atoms with Gasteiger partial charge in [-0.25, -0.2) is 13.6 Å². The van der Waals surface area contributed by atoms with E-state index in [0.29, 0.717) is 0 Å². The molecular formula is C14H11F2NO5. The quantitative estimate of drug-likeness (QED) is 0.938. The molecule has 2 aromatic rings. The van der Waals surface area contributed by atoms with Gasteiger partial charge in [-0.05, 0) is 12.1 Å². The molecule has 0 radical (unpaired) electrons. The van der Waals surface area contributed by atoms with Crippen LogP contribution in [-0.2, 0) is 5.92 Å². The highest BCUT2D eigenvalue weighted by molar-refractivity contribution is 5.87. The Hall–Kier alpha value is -2.64. The Bertz CT molecular complexity index is 735. The minimum Gasteiger partial charge on any atom is -0.486 e. The van der Waals surface area contributed by atoms with Crippen molar-refractivity contribution in [3.8, 4) is 22.8 Å². The van der Waals surface area contributed by atoms with Gasteiger partial charge in [-0.2, -0.15) is 0 Å². The van der Waals surface area contributed by atoms with Crippen LogP contribution in [0.5, 0.6) is 11.5 Å². The molecule has 1 aliphatic rings. The van der Waals surface area contributed by atoms with Gasteiger partial charge < -0.3 is 19.1 Å². The van der Waals surface area contributed by atoms with Crippen LogP contribution in [0.3, 0.4) is 0 Å². The average molecular weight is 311 g/mol. The number of alkyl halides is 2. The van der Waals surface area contributed by atoms with Crippen molar-refractivity contribution in [2.24, 2.45) is 0 Å². The fourth-order valence-corrected chi connectivity index (χ4v) is 2.09. The monoisotopic (exact) mass is 311 g/mol. The minimum absolute atomic E-state index is 0.0188. The lowest BCUT2D eigenvalue weighted by Crippen LogP contribution is -2.17. The van der Waals surface area contributed by atoms with Crippen molar-refractivity contribution in [1.82, 2.24) is 5.16 Å². The van der Waals surface area contributed by atoms with E-state index in [1.165, 1.54) is 12.1 Å². The second kappa shape index (κ2) is 4.97. The molecule has 0 unspecified atom stereocenters. The van der Waals surface area contributed by atoms with Crippen LogP contribution in [0.25, 0.3) is 11.3 Å². The molecular weight excluding hydrogens is 300 g/mol. The zero-order valence-corrected chi connectivity index (χ0v) is 11.4. The number of ether oxygens (including phenoxy) is 2. The molecule has 0 saturated heterocycles. The highest BCUT2D eigenvalue weighted by Crippen LogP contribution is 2.44. The Kier molecular flexibility index (Phi) is 3.23. The summed E-state index contributed by atoms with van der Waals surface area (Å²) >= 11 is 0. The smallest absolute Gasteiger partial charge is 0.358 e. The van der Waals surface area contributed by atoms with E-state index in [1.807, 2.05) is 0 Å². The van der Waals surface area contributed by atoms with Crippen LogP contribution in [0.4, 0.5) is 8.78 Å². The molecule has 0 aliphatic carbocycles. The SMILES string of the molecule is CC(F)(F)c1cc2c(c(-c3cc(C(=O)O)no3)c1)OCCO2. The van der Waals surface area contributed by atoms with E-state index >= 15 is 0 Å². The second-order valence-electron chi connectivity index (χ2n) is 4.82. The van der Waals surface area contributed by atoms with Gasteiger partial charge in [-0.1, -0.05) is 5.16 Å². The number of nitrogens with zero attached hydrogens (tertiary/aromatic N) is 1. The number of hydrogen-bond donors (Lipinski definition) is 1. The predicted octanol–water partition coefficient (Wildman–Crippen LogP) is 2.92. The number of carboxylic acid groups (broad SMARTS) is 1. The Morgan fingerprint density at radius 2 is 2.00 bits per heavy atom. The second-order valence-corrected chi connectivity index (χ2v) is 4.82. The molecule has 1 N–H and O–H groups in total. The lowest BCUT2D eigenvalue weighted by Gasteiger charge is -2.22. The summed E-state index contributed by atoms with van der Waals surface area (Å²) in [5, 5.41) is 12.2. The summed E-state index contributed by atoms with van der Waals surface area (Å²) in [5.41, 5.74) is -0.442. The molecule has 3 rings (SSSR count). The van der Waals surface area contributed by atoms with Crippen LogP contribution in [0, 0.1) is 0 Å². The first-order valence-corrected chi connectivity index (χ1v) is 6.38. The van der Waals surface area contributed by atoms with Crippen molar-refractivity contribution in [1.29, 1.82) is 0 Å². The standard InChI is InChI=1S/C14H11F2NO5/c1-14(15,16)7-4-8(10-6-9(13(18)19)17-22-10)12-11(5-7)20-2-3-21-12/h4-6H,2-3H2,1H3,(H,18,19). The van der Waals surface area contributed by atoms with Crippen LogP contribution in [0.15, 0.2) is 22.7 Å². The van der Waals surface area contributed by atoms with Gasteiger partial charge in [0.25, 0.3) is 5.92 Å². The third kappa shape index (κ3) is 2.47. The molecule has 1 aromatic carbocycles. The van der Waals surface area contributed by atoms with E-state index in [1.54, 1.807) is 0 Å². The Morgan fingerprint density at radius 3 is 2.64 bits per heavy atom. The zero-order chi connectivity index (χ0) is 15.9. The summed E-state index contributed by atoms with van der Waals surface area (Å²) in [6.45, 7) is 1.25. The number of hydrogen-bond acceptors (Lipinski definition) is 5. The maximum Gasteiger partial charge on any atom is 0.358 e. The molecule has 22 heavy (non-hydrogen) atoms. The van der Waals surface area contributed by atoms with Gasteiger partial charge in [0.1, 0.15) is 13.2 Å².